The van der Waals surface area contributed by atoms with Crippen LogP contribution in [0.25, 0.3) is 21.9 Å². The third kappa shape index (κ3) is 7.59. The van der Waals surface area contributed by atoms with Gasteiger partial charge in [0.15, 0.2) is 6.29 Å². The highest BCUT2D eigenvalue weighted by Gasteiger charge is 2.26. The monoisotopic (exact) mass is 610 g/mol. The van der Waals surface area contributed by atoms with Crippen molar-refractivity contribution in [2.45, 2.75) is 65.1 Å². The Labute approximate surface area is 265 Å². The van der Waals surface area contributed by atoms with Crippen LogP contribution in [0, 0.1) is 22.7 Å². The fourth-order valence-corrected chi connectivity index (χ4v) is 5.56. The normalized spacial score (nSPS) is 12.1. The van der Waals surface area contributed by atoms with Gasteiger partial charge in [0.25, 0.3) is 0 Å². The van der Waals surface area contributed by atoms with Gasteiger partial charge in [-0.3, -0.25) is 0 Å². The molecule has 4 rings (SSSR count). The predicted molar refractivity (Wildman–Crippen MR) is 175 cm³/mol. The van der Waals surface area contributed by atoms with Crippen LogP contribution >= 0.6 is 11.6 Å². The lowest BCUT2D eigenvalue weighted by Gasteiger charge is -2.27. The maximum absolute atomic E-state index is 10.7. The minimum absolute atomic E-state index is 0.180. The number of halogens is 1. The molecule has 228 valence electrons. The number of aliphatic hydroxyl groups is 1. The SMILES string of the molecule is CCCCC(C)(C)c1cc(Oc2cccc(C(O)OCCCOCC)c2)c2c(-c3ccccc3Cl)c(C#N)c(C#N)cc2c1. The fraction of sp³-hybridized carbons (Fsp3) is 0.351. The highest BCUT2D eigenvalue weighted by molar-refractivity contribution is 6.34. The van der Waals surface area contributed by atoms with Crippen LogP contribution in [-0.2, 0) is 14.9 Å². The molecule has 0 aliphatic rings. The molecule has 0 saturated heterocycles. The average Bonchev–Trinajstić information content (AvgIpc) is 3.03. The Morgan fingerprint density at radius 2 is 1.73 bits per heavy atom. The molecule has 0 radical (unpaired) electrons. The van der Waals surface area contributed by atoms with E-state index in [0.29, 0.717) is 64.8 Å². The standard InChI is InChI=1S/C37H39ClN2O4/c1-5-7-16-37(3,4)28-20-26-19-27(23-39)31(24-40)35(30-14-8-9-15-32(30)38)34(26)33(22-28)44-29-13-10-12-25(21-29)36(41)43-18-11-17-42-6-2/h8-10,12-15,19-22,36,41H,5-7,11,16-18H2,1-4H3. The molecular weight excluding hydrogens is 572 g/mol. The topological polar surface area (TPSA) is 95.5 Å². The molecule has 44 heavy (non-hydrogen) atoms. The van der Waals surface area contributed by atoms with Crippen molar-refractivity contribution in [3.63, 3.8) is 0 Å². The second kappa shape index (κ2) is 15.2. The van der Waals surface area contributed by atoms with Crippen molar-refractivity contribution in [2.75, 3.05) is 19.8 Å². The lowest BCUT2D eigenvalue weighted by atomic mass is 9.78. The van der Waals surface area contributed by atoms with Crippen LogP contribution in [0.15, 0.2) is 66.7 Å². The highest BCUT2D eigenvalue weighted by atomic mass is 35.5. The summed E-state index contributed by atoms with van der Waals surface area (Å²) in [5, 5.41) is 33.0. The van der Waals surface area contributed by atoms with Gasteiger partial charge in [0, 0.05) is 40.3 Å². The summed E-state index contributed by atoms with van der Waals surface area (Å²) in [5.41, 5.74) is 3.13. The van der Waals surface area contributed by atoms with E-state index in [1.807, 2.05) is 37.3 Å². The number of hydrogen-bond acceptors (Lipinski definition) is 6. The molecule has 0 fully saturated rings. The molecule has 4 aromatic carbocycles. The number of unbranched alkanes of at least 4 members (excludes halogenated alkanes) is 1. The van der Waals surface area contributed by atoms with Crippen LogP contribution < -0.4 is 4.74 Å². The van der Waals surface area contributed by atoms with Gasteiger partial charge in [0.05, 0.1) is 17.7 Å². The number of aliphatic hydroxyl groups excluding tert-OH is 1. The van der Waals surface area contributed by atoms with Crippen molar-refractivity contribution in [1.29, 1.82) is 10.5 Å². The highest BCUT2D eigenvalue weighted by Crippen LogP contribution is 2.45. The Morgan fingerprint density at radius 1 is 0.932 bits per heavy atom. The van der Waals surface area contributed by atoms with Crippen LogP contribution in [0.3, 0.4) is 0 Å². The Bertz CT molecular complexity index is 1690. The zero-order chi connectivity index (χ0) is 31.7. The van der Waals surface area contributed by atoms with Crippen molar-refractivity contribution in [1.82, 2.24) is 0 Å². The molecule has 1 N–H and O–H groups in total. The molecule has 4 aromatic rings. The zero-order valence-corrected chi connectivity index (χ0v) is 26.6. The first kappa shape index (κ1) is 33.0. The number of ether oxygens (including phenoxy) is 3. The summed E-state index contributed by atoms with van der Waals surface area (Å²) < 4.78 is 17.6. The number of rotatable bonds is 14. The maximum Gasteiger partial charge on any atom is 0.181 e. The van der Waals surface area contributed by atoms with E-state index in [4.69, 9.17) is 25.8 Å². The van der Waals surface area contributed by atoms with E-state index in [0.717, 1.165) is 30.2 Å². The second-order valence-electron chi connectivity index (χ2n) is 11.4. The van der Waals surface area contributed by atoms with Crippen LogP contribution in [0.5, 0.6) is 11.5 Å². The van der Waals surface area contributed by atoms with Crippen LogP contribution in [0.1, 0.15) is 81.9 Å². The summed E-state index contributed by atoms with van der Waals surface area (Å²) in [7, 11) is 0. The summed E-state index contributed by atoms with van der Waals surface area (Å²) in [4.78, 5) is 0. The van der Waals surface area contributed by atoms with Gasteiger partial charge < -0.3 is 19.3 Å². The first-order valence-electron chi connectivity index (χ1n) is 15.1. The average molecular weight is 611 g/mol. The number of nitrogens with zero attached hydrogens (tertiary/aromatic N) is 2. The molecular formula is C37H39ClN2O4. The molecule has 1 atom stereocenters. The van der Waals surface area contributed by atoms with Crippen molar-refractivity contribution in [3.8, 4) is 34.8 Å². The Kier molecular flexibility index (Phi) is 11.4. The largest absolute Gasteiger partial charge is 0.457 e. The number of benzene rings is 4. The molecule has 0 spiro atoms. The Morgan fingerprint density at radius 3 is 2.43 bits per heavy atom. The van der Waals surface area contributed by atoms with Crippen LogP contribution in [0.2, 0.25) is 5.02 Å². The van der Waals surface area contributed by atoms with E-state index in [1.165, 1.54) is 0 Å². The fourth-order valence-electron chi connectivity index (χ4n) is 5.33. The number of fused-ring (bicyclic) bond motifs is 1. The lowest BCUT2D eigenvalue weighted by Crippen LogP contribution is -2.17. The predicted octanol–water partition coefficient (Wildman–Crippen LogP) is 9.60. The minimum atomic E-state index is -1.13. The van der Waals surface area contributed by atoms with Crippen molar-refractivity contribution in [3.05, 3.63) is 94.0 Å². The lowest BCUT2D eigenvalue weighted by molar-refractivity contribution is -0.106. The van der Waals surface area contributed by atoms with Gasteiger partial charge in [0.2, 0.25) is 0 Å². The van der Waals surface area contributed by atoms with E-state index in [-0.39, 0.29) is 16.5 Å². The van der Waals surface area contributed by atoms with E-state index in [2.05, 4.69) is 39.0 Å². The first-order valence-corrected chi connectivity index (χ1v) is 15.5. The molecule has 1 unspecified atom stereocenters. The summed E-state index contributed by atoms with van der Waals surface area (Å²) in [6, 6.07) is 24.8. The van der Waals surface area contributed by atoms with Gasteiger partial charge in [-0.25, -0.2) is 0 Å². The molecule has 6 nitrogen and oxygen atoms in total. The molecule has 0 bridgehead atoms. The molecule has 0 aliphatic heterocycles. The molecule has 0 aromatic heterocycles. The van der Waals surface area contributed by atoms with Crippen molar-refractivity contribution in [2.24, 2.45) is 0 Å². The smallest absolute Gasteiger partial charge is 0.181 e. The minimum Gasteiger partial charge on any atom is -0.457 e. The van der Waals surface area contributed by atoms with Crippen molar-refractivity contribution >= 4 is 22.4 Å². The van der Waals surface area contributed by atoms with Gasteiger partial charge in [0.1, 0.15) is 23.6 Å². The zero-order valence-electron chi connectivity index (χ0n) is 25.8. The third-order valence-electron chi connectivity index (χ3n) is 7.80. The number of nitriles is 2. The van der Waals surface area contributed by atoms with Crippen LogP contribution in [-0.4, -0.2) is 24.9 Å². The first-order chi connectivity index (χ1) is 21.2. The van der Waals surface area contributed by atoms with Gasteiger partial charge in [-0.05, 0) is 66.5 Å². The third-order valence-corrected chi connectivity index (χ3v) is 8.13. The summed E-state index contributed by atoms with van der Waals surface area (Å²) >= 11 is 6.70. The Balaban J connectivity index is 1.89. The van der Waals surface area contributed by atoms with Gasteiger partial charge in [-0.1, -0.05) is 81.6 Å². The van der Waals surface area contributed by atoms with E-state index in [9.17, 15) is 15.6 Å². The van der Waals surface area contributed by atoms with Gasteiger partial charge in [-0.15, -0.1) is 0 Å². The summed E-state index contributed by atoms with van der Waals surface area (Å²) in [6.07, 6.45) is 2.65. The summed E-state index contributed by atoms with van der Waals surface area (Å²) in [6.45, 7) is 10.1. The molecule has 0 saturated carbocycles. The number of hydrogen-bond donors (Lipinski definition) is 1. The Hall–Kier alpha value is -3.91. The molecule has 7 heteroatoms. The quantitative estimate of drug-likeness (QED) is 0.113. The van der Waals surface area contributed by atoms with Gasteiger partial charge >= 0.3 is 0 Å². The van der Waals surface area contributed by atoms with E-state index in [1.54, 1.807) is 30.3 Å². The molecule has 0 aliphatic carbocycles. The van der Waals surface area contributed by atoms with E-state index >= 15 is 0 Å². The van der Waals surface area contributed by atoms with Crippen LogP contribution in [0.4, 0.5) is 0 Å². The second-order valence-corrected chi connectivity index (χ2v) is 11.8. The van der Waals surface area contributed by atoms with Crippen molar-refractivity contribution < 1.29 is 19.3 Å². The summed E-state index contributed by atoms with van der Waals surface area (Å²) in [5.74, 6) is 1.03. The maximum atomic E-state index is 10.7. The van der Waals surface area contributed by atoms with Gasteiger partial charge in [-0.2, -0.15) is 10.5 Å². The van der Waals surface area contributed by atoms with E-state index < -0.39 is 6.29 Å². The molecule has 0 amide bonds. The molecule has 0 heterocycles.